The van der Waals surface area contributed by atoms with E-state index in [0.717, 1.165) is 32.1 Å². The topological polar surface area (TPSA) is 44.4 Å². The van der Waals surface area contributed by atoms with Gasteiger partial charge in [-0.2, -0.15) is 0 Å². The first-order valence-corrected chi connectivity index (χ1v) is 7.90. The summed E-state index contributed by atoms with van der Waals surface area (Å²) in [6.07, 6.45) is 4.88. The van der Waals surface area contributed by atoms with E-state index < -0.39 is 17.7 Å². The van der Waals surface area contributed by atoms with Crippen LogP contribution in [0.4, 0.5) is 25.0 Å². The van der Waals surface area contributed by atoms with Crippen LogP contribution in [0.2, 0.25) is 0 Å². The lowest BCUT2D eigenvalue weighted by molar-refractivity contribution is 0.252. The van der Waals surface area contributed by atoms with E-state index in [0.29, 0.717) is 19.6 Å². The molecular formula is C16H23F2N3O. The van der Waals surface area contributed by atoms with Crippen LogP contribution in [0.15, 0.2) is 12.1 Å². The number of nitrogens with zero attached hydrogens (tertiary/aromatic N) is 1. The molecule has 2 N–H and O–H groups in total. The van der Waals surface area contributed by atoms with Crippen molar-refractivity contribution >= 4 is 17.4 Å². The molecule has 2 amide bonds. The molecule has 0 aliphatic carbocycles. The maximum Gasteiger partial charge on any atom is 0.319 e. The van der Waals surface area contributed by atoms with Gasteiger partial charge in [0.25, 0.3) is 0 Å². The molecule has 22 heavy (non-hydrogen) atoms. The smallest absolute Gasteiger partial charge is 0.319 e. The maximum atomic E-state index is 14.1. The minimum Gasteiger partial charge on any atom is -0.367 e. The van der Waals surface area contributed by atoms with Crippen molar-refractivity contribution in [3.8, 4) is 0 Å². The zero-order valence-electron chi connectivity index (χ0n) is 12.9. The quantitative estimate of drug-likeness (QED) is 0.783. The zero-order chi connectivity index (χ0) is 15.9. The highest BCUT2D eigenvalue weighted by atomic mass is 19.1. The van der Waals surface area contributed by atoms with Gasteiger partial charge in [-0.25, -0.2) is 13.6 Å². The minimum absolute atomic E-state index is 0.00593. The number of unbranched alkanes of at least 4 members (excludes halogenated alkanes) is 2. The molecule has 0 aromatic heterocycles. The Morgan fingerprint density at radius 3 is 2.41 bits per heavy atom. The summed E-state index contributed by atoms with van der Waals surface area (Å²) >= 11 is 0. The third-order valence-corrected chi connectivity index (χ3v) is 3.76. The summed E-state index contributed by atoms with van der Waals surface area (Å²) in [6, 6.07) is 1.90. The highest BCUT2D eigenvalue weighted by Gasteiger charge is 2.21. The first kappa shape index (κ1) is 16.5. The molecule has 0 radical (unpaired) electrons. The van der Waals surface area contributed by atoms with Crippen LogP contribution in [-0.2, 0) is 0 Å². The lowest BCUT2D eigenvalue weighted by Crippen LogP contribution is -2.29. The summed E-state index contributed by atoms with van der Waals surface area (Å²) < 4.78 is 28.2. The molecule has 0 unspecified atom stereocenters. The molecule has 1 aromatic rings. The van der Waals surface area contributed by atoms with Gasteiger partial charge < -0.3 is 15.5 Å². The molecule has 1 fully saturated rings. The van der Waals surface area contributed by atoms with Crippen LogP contribution in [0.3, 0.4) is 0 Å². The molecule has 6 heteroatoms. The van der Waals surface area contributed by atoms with E-state index in [1.807, 2.05) is 0 Å². The van der Waals surface area contributed by atoms with Crippen molar-refractivity contribution < 1.29 is 13.6 Å². The third-order valence-electron chi connectivity index (χ3n) is 3.76. The van der Waals surface area contributed by atoms with E-state index in [2.05, 4.69) is 17.6 Å². The van der Waals surface area contributed by atoms with Crippen LogP contribution in [0.1, 0.15) is 39.0 Å². The summed E-state index contributed by atoms with van der Waals surface area (Å²) in [7, 11) is 0. The molecule has 4 nitrogen and oxygen atoms in total. The van der Waals surface area contributed by atoms with E-state index in [-0.39, 0.29) is 11.4 Å². The SMILES string of the molecule is CCCCCNC(=O)Nc1cc(F)c(N2CCCC2)c(F)c1. The van der Waals surface area contributed by atoms with Crippen molar-refractivity contribution in [2.24, 2.45) is 0 Å². The van der Waals surface area contributed by atoms with Gasteiger partial charge in [-0.3, -0.25) is 0 Å². The lowest BCUT2D eigenvalue weighted by atomic mass is 10.2. The van der Waals surface area contributed by atoms with E-state index in [1.165, 1.54) is 12.1 Å². The van der Waals surface area contributed by atoms with Crippen molar-refractivity contribution in [1.82, 2.24) is 5.32 Å². The number of halogens is 2. The molecule has 0 saturated carbocycles. The van der Waals surface area contributed by atoms with Crippen molar-refractivity contribution in [3.05, 3.63) is 23.8 Å². The van der Waals surface area contributed by atoms with Crippen molar-refractivity contribution in [1.29, 1.82) is 0 Å². The van der Waals surface area contributed by atoms with Crippen LogP contribution in [0, 0.1) is 11.6 Å². The Morgan fingerprint density at radius 1 is 1.18 bits per heavy atom. The van der Waals surface area contributed by atoms with Crippen LogP contribution in [-0.4, -0.2) is 25.7 Å². The van der Waals surface area contributed by atoms with Crippen LogP contribution < -0.4 is 15.5 Å². The molecule has 1 aliphatic rings. The van der Waals surface area contributed by atoms with Gasteiger partial charge in [0, 0.05) is 25.3 Å². The van der Waals surface area contributed by atoms with Crippen molar-refractivity contribution in [3.63, 3.8) is 0 Å². The number of hydrogen-bond acceptors (Lipinski definition) is 2. The number of carbonyl (C=O) groups is 1. The number of amides is 2. The van der Waals surface area contributed by atoms with Gasteiger partial charge in [0.05, 0.1) is 0 Å². The van der Waals surface area contributed by atoms with Crippen molar-refractivity contribution in [2.45, 2.75) is 39.0 Å². The van der Waals surface area contributed by atoms with E-state index >= 15 is 0 Å². The van der Waals surface area contributed by atoms with Gasteiger partial charge in [-0.05, 0) is 31.4 Å². The highest BCUT2D eigenvalue weighted by molar-refractivity contribution is 5.89. The predicted octanol–water partition coefficient (Wildman–Crippen LogP) is 3.88. The zero-order valence-corrected chi connectivity index (χ0v) is 12.9. The first-order chi connectivity index (χ1) is 10.6. The Balaban J connectivity index is 1.96. The second kappa shape index (κ2) is 7.96. The Hall–Kier alpha value is -1.85. The number of nitrogens with one attached hydrogen (secondary N) is 2. The Labute approximate surface area is 129 Å². The number of carbonyl (C=O) groups excluding carboxylic acids is 1. The van der Waals surface area contributed by atoms with Gasteiger partial charge in [0.15, 0.2) is 11.6 Å². The molecule has 122 valence electrons. The van der Waals surface area contributed by atoms with E-state index in [9.17, 15) is 13.6 Å². The number of hydrogen-bond donors (Lipinski definition) is 2. The highest BCUT2D eigenvalue weighted by Crippen LogP contribution is 2.29. The summed E-state index contributed by atoms with van der Waals surface area (Å²) in [6.45, 7) is 3.96. The normalized spacial score (nSPS) is 14.2. The van der Waals surface area contributed by atoms with Crippen LogP contribution >= 0.6 is 0 Å². The molecule has 1 heterocycles. The first-order valence-electron chi connectivity index (χ1n) is 7.90. The second-order valence-electron chi connectivity index (χ2n) is 5.57. The molecule has 1 aromatic carbocycles. The molecule has 1 saturated heterocycles. The number of benzene rings is 1. The summed E-state index contributed by atoms with van der Waals surface area (Å²) in [5, 5.41) is 5.14. The second-order valence-corrected chi connectivity index (χ2v) is 5.57. The van der Waals surface area contributed by atoms with E-state index in [1.54, 1.807) is 4.90 Å². The number of anilines is 2. The van der Waals surface area contributed by atoms with E-state index in [4.69, 9.17) is 0 Å². The molecule has 0 spiro atoms. The molecule has 2 rings (SSSR count). The Bertz CT molecular complexity index is 493. The molecule has 0 bridgehead atoms. The molecule has 0 atom stereocenters. The number of urea groups is 1. The standard InChI is InChI=1S/C16H23F2N3O/c1-2-3-4-7-19-16(22)20-12-10-13(17)15(14(18)11-12)21-8-5-6-9-21/h10-11H,2-9H2,1H3,(H2,19,20,22). The maximum absolute atomic E-state index is 14.1. The van der Waals surface area contributed by atoms with Crippen molar-refractivity contribution in [2.75, 3.05) is 29.9 Å². The summed E-state index contributed by atoms with van der Waals surface area (Å²) in [5.41, 5.74) is 0.136. The van der Waals surface area contributed by atoms with Gasteiger partial charge in [-0.15, -0.1) is 0 Å². The predicted molar refractivity (Wildman–Crippen MR) is 84.4 cm³/mol. The van der Waals surface area contributed by atoms with Crippen LogP contribution in [0.25, 0.3) is 0 Å². The largest absolute Gasteiger partial charge is 0.367 e. The van der Waals surface area contributed by atoms with Gasteiger partial charge in [0.2, 0.25) is 0 Å². The molecule has 1 aliphatic heterocycles. The van der Waals surface area contributed by atoms with Gasteiger partial charge in [-0.1, -0.05) is 19.8 Å². The lowest BCUT2D eigenvalue weighted by Gasteiger charge is -2.20. The number of rotatable bonds is 6. The van der Waals surface area contributed by atoms with Crippen LogP contribution in [0.5, 0.6) is 0 Å². The molecular weight excluding hydrogens is 288 g/mol. The summed E-state index contributed by atoms with van der Waals surface area (Å²) in [4.78, 5) is 13.4. The van der Waals surface area contributed by atoms with Gasteiger partial charge in [0.1, 0.15) is 5.69 Å². The monoisotopic (exact) mass is 311 g/mol. The van der Waals surface area contributed by atoms with Gasteiger partial charge >= 0.3 is 6.03 Å². The summed E-state index contributed by atoms with van der Waals surface area (Å²) in [5.74, 6) is -1.27. The third kappa shape index (κ3) is 4.32. The minimum atomic E-state index is -0.636. The average Bonchev–Trinajstić information content (AvgIpc) is 2.97. The fraction of sp³-hybridized carbons (Fsp3) is 0.562. The Kier molecular flexibility index (Phi) is 5.98. The Morgan fingerprint density at radius 2 is 1.82 bits per heavy atom. The fourth-order valence-corrected chi connectivity index (χ4v) is 2.63. The average molecular weight is 311 g/mol. The fourth-order valence-electron chi connectivity index (χ4n) is 2.63.